The number of hydrogen-bond donors (Lipinski definition) is 3. The Morgan fingerprint density at radius 2 is 1.86 bits per heavy atom. The minimum atomic E-state index is -0.714. The molecule has 2 heterocycles. The van der Waals surface area contributed by atoms with Crippen LogP contribution in [-0.2, 0) is 4.79 Å². The number of carboxylic acids is 1. The van der Waals surface area contributed by atoms with Gasteiger partial charge >= 0.3 is 5.97 Å². The molecule has 0 unspecified atom stereocenters. The first kappa shape index (κ1) is 24.8. The largest absolute Gasteiger partial charge is 0.481 e. The molecule has 4 N–H and O–H groups in total. The van der Waals surface area contributed by atoms with Crippen molar-refractivity contribution in [2.75, 3.05) is 35.6 Å². The van der Waals surface area contributed by atoms with E-state index in [4.69, 9.17) is 15.6 Å². The maximum atomic E-state index is 13.4. The van der Waals surface area contributed by atoms with E-state index < -0.39 is 5.97 Å². The number of nitrogen functional groups attached to an aromatic ring is 1. The van der Waals surface area contributed by atoms with E-state index in [0.717, 1.165) is 31.4 Å². The summed E-state index contributed by atoms with van der Waals surface area (Å²) in [4.78, 5) is 34.8. The summed E-state index contributed by atoms with van der Waals surface area (Å²) in [6, 6.07) is 8.05. The first-order valence-electron chi connectivity index (χ1n) is 12.3. The molecule has 1 fully saturated rings. The number of nitrogens with two attached hydrogens (primary N) is 1. The van der Waals surface area contributed by atoms with Crippen LogP contribution in [0.5, 0.6) is 5.88 Å². The van der Waals surface area contributed by atoms with Gasteiger partial charge in [-0.2, -0.15) is 9.97 Å². The maximum Gasteiger partial charge on any atom is 0.303 e. The van der Waals surface area contributed by atoms with Crippen molar-refractivity contribution < 1.29 is 19.4 Å². The maximum absolute atomic E-state index is 13.4. The third-order valence-electron chi connectivity index (χ3n) is 6.68. The Hall–Kier alpha value is -3.36. The number of aliphatic carboxylic acids is 1. The average molecular weight is 482 g/mol. The minimum Gasteiger partial charge on any atom is -0.481 e. The van der Waals surface area contributed by atoms with E-state index in [9.17, 15) is 9.59 Å². The summed E-state index contributed by atoms with van der Waals surface area (Å²) >= 11 is 0. The summed E-state index contributed by atoms with van der Waals surface area (Å²) in [6.07, 6.45) is 4.10. The van der Waals surface area contributed by atoms with Crippen LogP contribution >= 0.6 is 0 Å². The van der Waals surface area contributed by atoms with E-state index >= 15 is 0 Å². The van der Waals surface area contributed by atoms with Gasteiger partial charge in [0.05, 0.1) is 6.54 Å². The molecule has 9 heteroatoms. The number of carbonyl (C=O) groups excluding carboxylic acids is 1. The molecule has 35 heavy (non-hydrogen) atoms. The Kier molecular flexibility index (Phi) is 7.14. The number of fused-ring (bicyclic) bond motifs is 1. The zero-order valence-electron chi connectivity index (χ0n) is 20.7. The van der Waals surface area contributed by atoms with Crippen LogP contribution in [0.4, 0.5) is 17.5 Å². The summed E-state index contributed by atoms with van der Waals surface area (Å²) in [5.74, 6) is 0.345. The number of carboxylic acid groups (broad SMARTS) is 1. The molecule has 0 bridgehead atoms. The van der Waals surface area contributed by atoms with Gasteiger partial charge in [0.2, 0.25) is 11.8 Å². The molecule has 0 atom stereocenters. The van der Waals surface area contributed by atoms with Gasteiger partial charge < -0.3 is 25.8 Å². The molecule has 2 aliphatic rings. The van der Waals surface area contributed by atoms with Crippen LogP contribution in [0.3, 0.4) is 0 Å². The van der Waals surface area contributed by atoms with E-state index in [2.05, 4.69) is 48.2 Å². The Morgan fingerprint density at radius 3 is 2.49 bits per heavy atom. The number of hydrogen-bond acceptors (Lipinski definition) is 7. The van der Waals surface area contributed by atoms with Crippen LogP contribution in [0.25, 0.3) is 0 Å². The Morgan fingerprint density at radius 1 is 1.17 bits per heavy atom. The third-order valence-corrected chi connectivity index (χ3v) is 6.68. The van der Waals surface area contributed by atoms with Crippen molar-refractivity contribution in [3.63, 3.8) is 0 Å². The van der Waals surface area contributed by atoms with Crippen molar-refractivity contribution in [2.45, 2.75) is 58.8 Å². The fourth-order valence-corrected chi connectivity index (χ4v) is 4.78. The lowest BCUT2D eigenvalue weighted by Gasteiger charge is -2.28. The molecule has 1 aliphatic heterocycles. The molecule has 4 rings (SSSR count). The second-order valence-corrected chi connectivity index (χ2v) is 10.7. The summed E-state index contributed by atoms with van der Waals surface area (Å²) in [5, 5.41) is 12.2. The van der Waals surface area contributed by atoms with Crippen molar-refractivity contribution in [1.29, 1.82) is 0 Å². The smallest absolute Gasteiger partial charge is 0.303 e. The third kappa shape index (κ3) is 6.01. The zero-order chi connectivity index (χ0) is 25.2. The molecular weight excluding hydrogens is 446 g/mol. The number of benzene rings is 1. The molecule has 1 amide bonds. The van der Waals surface area contributed by atoms with Crippen LogP contribution in [0.15, 0.2) is 24.3 Å². The Balaban J connectivity index is 1.47. The molecule has 0 saturated heterocycles. The molecule has 1 saturated carbocycles. The zero-order valence-corrected chi connectivity index (χ0v) is 20.7. The molecule has 0 radical (unpaired) electrons. The monoisotopic (exact) mass is 481 g/mol. The van der Waals surface area contributed by atoms with E-state index in [-0.39, 0.29) is 40.9 Å². The molecule has 0 spiro atoms. The highest BCUT2D eigenvalue weighted by Gasteiger charge is 2.30. The summed E-state index contributed by atoms with van der Waals surface area (Å²) in [7, 11) is 0. The van der Waals surface area contributed by atoms with Crippen molar-refractivity contribution in [3.05, 3.63) is 35.4 Å². The van der Waals surface area contributed by atoms with E-state index in [0.29, 0.717) is 31.6 Å². The van der Waals surface area contributed by atoms with Gasteiger partial charge in [-0.15, -0.1) is 0 Å². The number of ether oxygens (including phenoxy) is 1. The number of nitrogens with zero attached hydrogens (tertiary/aromatic N) is 3. The number of amides is 1. The predicted octanol–water partition coefficient (Wildman–Crippen LogP) is 4.30. The second kappa shape index (κ2) is 10.1. The number of aromatic nitrogens is 2. The first-order valence-corrected chi connectivity index (χ1v) is 12.3. The molecule has 9 nitrogen and oxygen atoms in total. The fourth-order valence-electron chi connectivity index (χ4n) is 4.78. The molecule has 1 aromatic heterocycles. The van der Waals surface area contributed by atoms with Gasteiger partial charge in [0.25, 0.3) is 5.91 Å². The lowest BCUT2D eigenvalue weighted by atomic mass is 9.77. The molecule has 1 aliphatic carbocycles. The van der Waals surface area contributed by atoms with Gasteiger partial charge in [0.1, 0.15) is 18.0 Å². The van der Waals surface area contributed by atoms with E-state index in [1.807, 2.05) is 12.1 Å². The molecule has 188 valence electrons. The average Bonchev–Trinajstić information content (AvgIpc) is 2.96. The SMILES string of the molecule is CC(C)(C)CNc1nc(N)c2c(n1)OCCN(c1ccc([C@H]3CC[C@H](CC(=O)O)CC3)cc1)C2=O. The highest BCUT2D eigenvalue weighted by molar-refractivity contribution is 6.10. The fraction of sp³-hybridized carbons (Fsp3) is 0.538. The van der Waals surface area contributed by atoms with Crippen LogP contribution < -0.4 is 20.7 Å². The van der Waals surface area contributed by atoms with Gasteiger partial charge in [-0.1, -0.05) is 32.9 Å². The summed E-state index contributed by atoms with van der Waals surface area (Å²) in [6.45, 7) is 7.61. The van der Waals surface area contributed by atoms with Gasteiger partial charge in [0.15, 0.2) is 0 Å². The number of carbonyl (C=O) groups is 2. The normalized spacial score (nSPS) is 20.5. The molecule has 2 aromatic rings. The standard InChI is InChI=1S/C26H35N5O4/c1-26(2,3)15-28-25-29-22(27)21-23(30-25)35-13-12-31(24(21)34)19-10-8-18(9-11-19)17-6-4-16(5-7-17)14-20(32)33/h8-11,16-17H,4-7,12-15H2,1-3H3,(H,32,33)(H3,27,28,29,30)/t16-,17-. The van der Waals surface area contributed by atoms with E-state index in [1.165, 1.54) is 5.56 Å². The minimum absolute atomic E-state index is 0.0301. The first-order chi connectivity index (χ1) is 16.6. The Bertz CT molecular complexity index is 1070. The highest BCUT2D eigenvalue weighted by Crippen LogP contribution is 2.38. The topological polar surface area (TPSA) is 131 Å². The van der Waals surface area contributed by atoms with Crippen molar-refractivity contribution in [2.24, 2.45) is 11.3 Å². The number of rotatable bonds is 6. The van der Waals surface area contributed by atoms with Gasteiger partial charge in [-0.25, -0.2) is 0 Å². The summed E-state index contributed by atoms with van der Waals surface area (Å²) < 4.78 is 5.81. The lowest BCUT2D eigenvalue weighted by molar-refractivity contribution is -0.138. The van der Waals surface area contributed by atoms with Crippen molar-refractivity contribution in [1.82, 2.24) is 9.97 Å². The predicted molar refractivity (Wildman–Crippen MR) is 135 cm³/mol. The quantitative estimate of drug-likeness (QED) is 0.556. The molecular formula is C26H35N5O4. The van der Waals surface area contributed by atoms with E-state index in [1.54, 1.807) is 4.90 Å². The van der Waals surface area contributed by atoms with Gasteiger partial charge in [0, 0.05) is 18.7 Å². The van der Waals surface area contributed by atoms with Crippen LogP contribution in [0.2, 0.25) is 0 Å². The number of nitrogens with one attached hydrogen (secondary N) is 1. The van der Waals surface area contributed by atoms with Crippen LogP contribution in [-0.4, -0.2) is 46.6 Å². The van der Waals surface area contributed by atoms with Crippen molar-refractivity contribution in [3.8, 4) is 5.88 Å². The van der Waals surface area contributed by atoms with Crippen molar-refractivity contribution >= 4 is 29.3 Å². The van der Waals surface area contributed by atoms with Gasteiger partial charge in [-0.05, 0) is 60.6 Å². The van der Waals surface area contributed by atoms with Crippen LogP contribution in [0.1, 0.15) is 74.7 Å². The second-order valence-electron chi connectivity index (χ2n) is 10.7. The van der Waals surface area contributed by atoms with Crippen LogP contribution in [0, 0.1) is 11.3 Å². The number of anilines is 3. The molecule has 1 aromatic carbocycles. The highest BCUT2D eigenvalue weighted by atomic mass is 16.5. The summed E-state index contributed by atoms with van der Waals surface area (Å²) in [5.41, 5.74) is 8.39. The Labute approximate surface area is 206 Å². The van der Waals surface area contributed by atoms with Gasteiger partial charge in [-0.3, -0.25) is 9.59 Å². The lowest BCUT2D eigenvalue weighted by Crippen LogP contribution is -2.32.